The molecule has 22 heavy (non-hydrogen) atoms. The molecule has 1 atom stereocenters. The minimum atomic E-state index is -0.139. The summed E-state index contributed by atoms with van der Waals surface area (Å²) in [4.78, 5) is 13.8. The molecule has 1 aromatic carbocycles. The maximum Gasteiger partial charge on any atom is 0.305 e. The van der Waals surface area contributed by atoms with Crippen LogP contribution in [0.5, 0.6) is 0 Å². The fourth-order valence-corrected chi connectivity index (χ4v) is 3.01. The van der Waals surface area contributed by atoms with Crippen LogP contribution in [0.15, 0.2) is 18.2 Å². The smallest absolute Gasteiger partial charge is 0.305 e. The molecule has 124 valence electrons. The summed E-state index contributed by atoms with van der Waals surface area (Å²) in [5, 5.41) is 0. The van der Waals surface area contributed by atoms with Crippen LogP contribution in [-0.2, 0) is 9.53 Å². The number of benzene rings is 1. The van der Waals surface area contributed by atoms with Crippen LogP contribution in [0.25, 0.3) is 0 Å². The minimum Gasteiger partial charge on any atom is -0.469 e. The van der Waals surface area contributed by atoms with Gasteiger partial charge in [0.2, 0.25) is 0 Å². The van der Waals surface area contributed by atoms with E-state index in [2.05, 4.69) is 64.9 Å². The third-order valence-corrected chi connectivity index (χ3v) is 4.22. The van der Waals surface area contributed by atoms with E-state index < -0.39 is 0 Å². The van der Waals surface area contributed by atoms with Crippen molar-refractivity contribution in [3.63, 3.8) is 0 Å². The van der Waals surface area contributed by atoms with Gasteiger partial charge in [-0.2, -0.15) is 0 Å². The number of nitrogens with zero attached hydrogens (tertiary/aromatic N) is 1. The van der Waals surface area contributed by atoms with Crippen molar-refractivity contribution in [1.29, 1.82) is 0 Å². The first kappa shape index (κ1) is 18.7. The third kappa shape index (κ3) is 4.57. The highest BCUT2D eigenvalue weighted by Crippen LogP contribution is 2.36. The van der Waals surface area contributed by atoms with Crippen molar-refractivity contribution in [3.8, 4) is 0 Å². The van der Waals surface area contributed by atoms with Crippen LogP contribution in [-0.4, -0.2) is 32.1 Å². The molecule has 1 rings (SSSR count). The summed E-state index contributed by atoms with van der Waals surface area (Å²) < 4.78 is 4.81. The van der Waals surface area contributed by atoms with Gasteiger partial charge in [0, 0.05) is 12.5 Å². The quantitative estimate of drug-likeness (QED) is 0.695. The fourth-order valence-electron chi connectivity index (χ4n) is 3.01. The molecule has 0 saturated carbocycles. The number of ether oxygens (including phenoxy) is 1. The Hall–Kier alpha value is -1.35. The first-order chi connectivity index (χ1) is 10.3. The van der Waals surface area contributed by atoms with Crippen molar-refractivity contribution in [2.24, 2.45) is 0 Å². The second kappa shape index (κ2) is 8.33. The summed E-state index contributed by atoms with van der Waals surface area (Å²) in [6, 6.07) is 6.83. The normalized spacial score (nSPS) is 13.0. The monoisotopic (exact) mass is 305 g/mol. The lowest BCUT2D eigenvalue weighted by Gasteiger charge is -2.31. The molecule has 0 bridgehead atoms. The van der Waals surface area contributed by atoms with Crippen molar-refractivity contribution in [3.05, 3.63) is 34.9 Å². The Morgan fingerprint density at radius 1 is 1.09 bits per heavy atom. The molecule has 1 aromatic rings. The van der Waals surface area contributed by atoms with Crippen LogP contribution >= 0.6 is 0 Å². The van der Waals surface area contributed by atoms with Gasteiger partial charge in [0.15, 0.2) is 0 Å². The van der Waals surface area contributed by atoms with Gasteiger partial charge in [-0.15, -0.1) is 0 Å². The molecule has 0 saturated heterocycles. The van der Waals surface area contributed by atoms with Crippen molar-refractivity contribution in [2.45, 2.75) is 58.4 Å². The molecule has 0 fully saturated rings. The fraction of sp³-hybridized carbons (Fsp3) is 0.632. The van der Waals surface area contributed by atoms with Crippen LogP contribution in [0.4, 0.5) is 0 Å². The lowest BCUT2D eigenvalue weighted by Crippen LogP contribution is -2.24. The third-order valence-electron chi connectivity index (χ3n) is 4.22. The Bertz CT molecular complexity index is 466. The van der Waals surface area contributed by atoms with Crippen LogP contribution < -0.4 is 0 Å². The molecule has 0 aliphatic rings. The Balaban J connectivity index is 3.29. The second-order valence-corrected chi connectivity index (χ2v) is 6.75. The van der Waals surface area contributed by atoms with E-state index in [4.69, 9.17) is 4.74 Å². The number of hydrogen-bond donors (Lipinski definition) is 0. The van der Waals surface area contributed by atoms with Gasteiger partial charge < -0.3 is 9.64 Å². The van der Waals surface area contributed by atoms with Crippen LogP contribution in [0, 0.1) is 0 Å². The molecule has 0 aliphatic carbocycles. The zero-order valence-electron chi connectivity index (χ0n) is 15.1. The van der Waals surface area contributed by atoms with Crippen LogP contribution in [0.2, 0.25) is 0 Å². The summed E-state index contributed by atoms with van der Waals surface area (Å²) >= 11 is 0. The second-order valence-electron chi connectivity index (χ2n) is 6.75. The van der Waals surface area contributed by atoms with E-state index in [0.29, 0.717) is 18.3 Å². The first-order valence-corrected chi connectivity index (χ1v) is 8.15. The zero-order valence-corrected chi connectivity index (χ0v) is 15.1. The van der Waals surface area contributed by atoms with Gasteiger partial charge in [-0.05, 0) is 49.0 Å². The van der Waals surface area contributed by atoms with E-state index in [9.17, 15) is 4.79 Å². The lowest BCUT2D eigenvalue weighted by molar-refractivity contribution is -0.141. The summed E-state index contributed by atoms with van der Waals surface area (Å²) in [5.74, 6) is 0.795. The number of methoxy groups -OCH3 is 1. The molecule has 0 aliphatic heterocycles. The van der Waals surface area contributed by atoms with Crippen LogP contribution in [0.1, 0.15) is 75.1 Å². The largest absolute Gasteiger partial charge is 0.469 e. The molecule has 0 N–H and O–H groups in total. The van der Waals surface area contributed by atoms with E-state index in [1.54, 1.807) is 0 Å². The predicted molar refractivity (Wildman–Crippen MR) is 92.3 cm³/mol. The summed E-state index contributed by atoms with van der Waals surface area (Å²) in [7, 11) is 5.63. The SMILES string of the molecule is COC(=O)CCC(c1c(C(C)C)cccc1C(C)C)N(C)C. The number of carbonyl (C=O) groups excluding carboxylic acids is 1. The predicted octanol–water partition coefficient (Wildman–Crippen LogP) is 4.49. The van der Waals surface area contributed by atoms with Gasteiger partial charge in [-0.25, -0.2) is 0 Å². The molecule has 0 radical (unpaired) electrons. The average molecular weight is 305 g/mol. The number of hydrogen-bond acceptors (Lipinski definition) is 3. The van der Waals surface area contributed by atoms with Crippen molar-refractivity contribution in [2.75, 3.05) is 21.2 Å². The highest BCUT2D eigenvalue weighted by Gasteiger charge is 2.24. The summed E-state index contributed by atoms with van der Waals surface area (Å²) in [6.45, 7) is 8.93. The van der Waals surface area contributed by atoms with Gasteiger partial charge >= 0.3 is 5.97 Å². The van der Waals surface area contributed by atoms with Gasteiger partial charge in [0.25, 0.3) is 0 Å². The molecular weight excluding hydrogens is 274 g/mol. The number of esters is 1. The van der Waals surface area contributed by atoms with Gasteiger partial charge in [0.1, 0.15) is 0 Å². The van der Waals surface area contributed by atoms with E-state index in [1.165, 1.54) is 23.8 Å². The standard InChI is InChI=1S/C19H31NO2/c1-13(2)15-9-8-10-16(14(3)4)19(15)17(20(5)6)11-12-18(21)22-7/h8-10,13-14,17H,11-12H2,1-7H3. The van der Waals surface area contributed by atoms with Gasteiger partial charge in [-0.1, -0.05) is 45.9 Å². The molecule has 3 nitrogen and oxygen atoms in total. The van der Waals surface area contributed by atoms with Crippen molar-refractivity contribution < 1.29 is 9.53 Å². The molecule has 0 heterocycles. The number of rotatable bonds is 7. The Morgan fingerprint density at radius 3 is 1.95 bits per heavy atom. The molecule has 0 amide bonds. The highest BCUT2D eigenvalue weighted by atomic mass is 16.5. The van der Waals surface area contributed by atoms with E-state index in [1.807, 2.05) is 0 Å². The average Bonchev–Trinajstić information content (AvgIpc) is 2.46. The highest BCUT2D eigenvalue weighted by molar-refractivity contribution is 5.69. The van der Waals surface area contributed by atoms with Crippen molar-refractivity contribution in [1.82, 2.24) is 4.90 Å². The zero-order chi connectivity index (χ0) is 16.9. The van der Waals surface area contributed by atoms with Crippen LogP contribution in [0.3, 0.4) is 0 Å². The molecular formula is C19H31NO2. The minimum absolute atomic E-state index is 0.139. The topological polar surface area (TPSA) is 29.5 Å². The maximum atomic E-state index is 11.6. The van der Waals surface area contributed by atoms with E-state index >= 15 is 0 Å². The lowest BCUT2D eigenvalue weighted by atomic mass is 9.83. The summed E-state index contributed by atoms with van der Waals surface area (Å²) in [5.41, 5.74) is 4.16. The Labute approximate surface area is 135 Å². The Morgan fingerprint density at radius 2 is 1.59 bits per heavy atom. The van der Waals surface area contributed by atoms with Crippen molar-refractivity contribution >= 4 is 5.97 Å². The molecule has 0 spiro atoms. The summed E-state index contributed by atoms with van der Waals surface area (Å²) in [6.07, 6.45) is 1.23. The Kier molecular flexibility index (Phi) is 7.08. The first-order valence-electron chi connectivity index (χ1n) is 8.15. The number of carbonyl (C=O) groups is 1. The molecule has 3 heteroatoms. The maximum absolute atomic E-state index is 11.6. The molecule has 0 aromatic heterocycles. The van der Waals surface area contributed by atoms with E-state index in [0.717, 1.165) is 6.42 Å². The van der Waals surface area contributed by atoms with E-state index in [-0.39, 0.29) is 12.0 Å². The van der Waals surface area contributed by atoms with Gasteiger partial charge in [0.05, 0.1) is 7.11 Å². The van der Waals surface area contributed by atoms with Gasteiger partial charge in [-0.3, -0.25) is 4.79 Å². The molecule has 1 unspecified atom stereocenters.